The number of benzene rings is 1. The van der Waals surface area contributed by atoms with Crippen LogP contribution >= 0.6 is 0 Å². The number of carbonyl (C=O) groups excluding carboxylic acids is 1. The van der Waals surface area contributed by atoms with E-state index in [1.165, 1.54) is 6.07 Å². The van der Waals surface area contributed by atoms with Crippen LogP contribution in [-0.2, 0) is 11.3 Å². The Hall–Kier alpha value is -2.22. The molecule has 0 aliphatic carbocycles. The SMILES string of the molecule is O=C(O)[C@H]1C[C@@H](O)CN1C(=O)NCc1ccc(F)c(F)c1. The molecule has 1 heterocycles. The van der Waals surface area contributed by atoms with E-state index in [2.05, 4.69) is 5.32 Å². The molecule has 1 aromatic carbocycles. The van der Waals surface area contributed by atoms with Gasteiger partial charge in [0.1, 0.15) is 6.04 Å². The molecule has 0 spiro atoms. The van der Waals surface area contributed by atoms with Crippen LogP contribution in [0, 0.1) is 11.6 Å². The van der Waals surface area contributed by atoms with E-state index in [4.69, 9.17) is 5.11 Å². The maximum absolute atomic E-state index is 13.0. The summed E-state index contributed by atoms with van der Waals surface area (Å²) in [5, 5.41) is 20.8. The summed E-state index contributed by atoms with van der Waals surface area (Å²) in [5.74, 6) is -3.21. The van der Waals surface area contributed by atoms with E-state index in [1.807, 2.05) is 0 Å². The molecule has 21 heavy (non-hydrogen) atoms. The molecule has 1 aromatic rings. The van der Waals surface area contributed by atoms with Crippen LogP contribution in [0.4, 0.5) is 13.6 Å². The van der Waals surface area contributed by atoms with Crippen molar-refractivity contribution in [2.45, 2.75) is 25.1 Å². The molecule has 114 valence electrons. The quantitative estimate of drug-likeness (QED) is 0.766. The Morgan fingerprint density at radius 1 is 1.33 bits per heavy atom. The van der Waals surface area contributed by atoms with Crippen molar-refractivity contribution in [2.75, 3.05) is 6.54 Å². The summed E-state index contributed by atoms with van der Waals surface area (Å²) in [6.07, 6.45) is -0.923. The van der Waals surface area contributed by atoms with Gasteiger partial charge in [0.15, 0.2) is 11.6 Å². The van der Waals surface area contributed by atoms with Crippen LogP contribution in [0.2, 0.25) is 0 Å². The molecule has 1 saturated heterocycles. The number of carboxylic acid groups (broad SMARTS) is 1. The molecule has 0 unspecified atom stereocenters. The third-order valence-corrected chi connectivity index (χ3v) is 3.25. The first-order valence-electron chi connectivity index (χ1n) is 6.27. The number of carbonyl (C=O) groups is 2. The van der Waals surface area contributed by atoms with Gasteiger partial charge in [-0.1, -0.05) is 6.07 Å². The smallest absolute Gasteiger partial charge is 0.326 e. The van der Waals surface area contributed by atoms with Crippen molar-refractivity contribution < 1.29 is 28.6 Å². The Morgan fingerprint density at radius 3 is 2.67 bits per heavy atom. The van der Waals surface area contributed by atoms with Crippen molar-refractivity contribution in [3.05, 3.63) is 35.4 Å². The zero-order chi connectivity index (χ0) is 15.6. The van der Waals surface area contributed by atoms with Gasteiger partial charge in [-0.2, -0.15) is 0 Å². The normalized spacial score (nSPS) is 21.4. The number of aliphatic hydroxyl groups is 1. The lowest BCUT2D eigenvalue weighted by Crippen LogP contribution is -2.45. The van der Waals surface area contributed by atoms with Crippen molar-refractivity contribution in [3.8, 4) is 0 Å². The van der Waals surface area contributed by atoms with Crippen LogP contribution in [0.5, 0.6) is 0 Å². The van der Waals surface area contributed by atoms with Crippen LogP contribution in [0.15, 0.2) is 18.2 Å². The number of nitrogens with one attached hydrogen (secondary N) is 1. The predicted molar refractivity (Wildman–Crippen MR) is 67.3 cm³/mol. The fourth-order valence-corrected chi connectivity index (χ4v) is 2.20. The number of aliphatic hydroxyl groups excluding tert-OH is 1. The fraction of sp³-hybridized carbons (Fsp3) is 0.385. The lowest BCUT2D eigenvalue weighted by atomic mass is 10.2. The Labute approximate surface area is 119 Å². The average Bonchev–Trinajstić information content (AvgIpc) is 2.82. The second kappa shape index (κ2) is 6.04. The highest BCUT2D eigenvalue weighted by Crippen LogP contribution is 2.18. The largest absolute Gasteiger partial charge is 0.480 e. The first-order chi connectivity index (χ1) is 9.88. The van der Waals surface area contributed by atoms with Gasteiger partial charge in [-0.05, 0) is 17.7 Å². The summed E-state index contributed by atoms with van der Waals surface area (Å²) in [4.78, 5) is 23.9. The van der Waals surface area contributed by atoms with Crippen LogP contribution in [0.3, 0.4) is 0 Å². The standard InChI is InChI=1S/C13H14F2N2O4/c14-9-2-1-7(3-10(9)15)5-16-13(21)17-6-8(18)4-11(17)12(19)20/h1-3,8,11,18H,4-6H2,(H,16,21)(H,19,20)/t8-,11-/m1/s1. The number of β-amino-alcohol motifs (C(OH)–C–C–N with tert-alkyl or cyclic N) is 1. The van der Waals surface area contributed by atoms with Crippen LogP contribution in [-0.4, -0.2) is 45.8 Å². The molecular weight excluding hydrogens is 286 g/mol. The molecule has 0 radical (unpaired) electrons. The van der Waals surface area contributed by atoms with E-state index in [9.17, 15) is 23.5 Å². The summed E-state index contributed by atoms with van der Waals surface area (Å²) in [6, 6.07) is 1.43. The average molecular weight is 300 g/mol. The molecule has 0 saturated carbocycles. The maximum atomic E-state index is 13.0. The monoisotopic (exact) mass is 300 g/mol. The molecule has 3 N–H and O–H groups in total. The number of amides is 2. The highest BCUT2D eigenvalue weighted by atomic mass is 19.2. The Morgan fingerprint density at radius 2 is 2.05 bits per heavy atom. The zero-order valence-corrected chi connectivity index (χ0v) is 10.9. The number of aliphatic carboxylic acids is 1. The van der Waals surface area contributed by atoms with E-state index < -0.39 is 35.8 Å². The Bertz CT molecular complexity index is 567. The van der Waals surface area contributed by atoms with Crippen molar-refractivity contribution in [1.29, 1.82) is 0 Å². The third-order valence-electron chi connectivity index (χ3n) is 3.25. The van der Waals surface area contributed by atoms with Gasteiger partial charge in [0.2, 0.25) is 0 Å². The topological polar surface area (TPSA) is 89.9 Å². The van der Waals surface area contributed by atoms with Gasteiger partial charge in [-0.25, -0.2) is 18.4 Å². The van der Waals surface area contributed by atoms with Crippen molar-refractivity contribution in [3.63, 3.8) is 0 Å². The maximum Gasteiger partial charge on any atom is 0.326 e. The molecule has 0 bridgehead atoms. The number of urea groups is 1. The summed E-state index contributed by atoms with van der Waals surface area (Å²) in [7, 11) is 0. The number of hydrogen-bond donors (Lipinski definition) is 3. The second-order valence-corrected chi connectivity index (χ2v) is 4.80. The van der Waals surface area contributed by atoms with Crippen molar-refractivity contribution in [1.82, 2.24) is 10.2 Å². The highest BCUT2D eigenvalue weighted by Gasteiger charge is 2.38. The van der Waals surface area contributed by atoms with E-state index >= 15 is 0 Å². The first-order valence-corrected chi connectivity index (χ1v) is 6.27. The molecule has 2 amide bonds. The lowest BCUT2D eigenvalue weighted by molar-refractivity contribution is -0.141. The third kappa shape index (κ3) is 3.46. The molecule has 2 rings (SSSR count). The number of nitrogens with zero attached hydrogens (tertiary/aromatic N) is 1. The molecule has 1 fully saturated rings. The number of carboxylic acids is 1. The predicted octanol–water partition coefficient (Wildman–Crippen LogP) is 0.694. The second-order valence-electron chi connectivity index (χ2n) is 4.80. The molecule has 1 aliphatic heterocycles. The minimum Gasteiger partial charge on any atom is -0.480 e. The Balaban J connectivity index is 1.97. The number of rotatable bonds is 3. The molecule has 2 atom stereocenters. The first kappa shape index (κ1) is 15.2. The van der Waals surface area contributed by atoms with E-state index in [1.54, 1.807) is 0 Å². The van der Waals surface area contributed by atoms with Crippen LogP contribution in [0.25, 0.3) is 0 Å². The van der Waals surface area contributed by atoms with Crippen LogP contribution in [0.1, 0.15) is 12.0 Å². The molecule has 6 nitrogen and oxygen atoms in total. The number of halogens is 2. The Kier molecular flexibility index (Phi) is 4.37. The summed E-state index contributed by atoms with van der Waals surface area (Å²) in [6.45, 7) is -0.157. The molecule has 0 aromatic heterocycles. The van der Waals surface area contributed by atoms with Crippen molar-refractivity contribution >= 4 is 12.0 Å². The van der Waals surface area contributed by atoms with Gasteiger partial charge in [0, 0.05) is 19.5 Å². The molecule has 8 heteroatoms. The van der Waals surface area contributed by atoms with Gasteiger partial charge >= 0.3 is 12.0 Å². The summed E-state index contributed by atoms with van der Waals surface area (Å²) in [5.41, 5.74) is 0.342. The minimum absolute atomic E-state index is 0.0338. The van der Waals surface area contributed by atoms with Crippen molar-refractivity contribution in [2.24, 2.45) is 0 Å². The fourth-order valence-electron chi connectivity index (χ4n) is 2.20. The minimum atomic E-state index is -1.20. The highest BCUT2D eigenvalue weighted by molar-refractivity contribution is 5.83. The lowest BCUT2D eigenvalue weighted by Gasteiger charge is -2.21. The van der Waals surface area contributed by atoms with Gasteiger partial charge in [-0.3, -0.25) is 0 Å². The van der Waals surface area contributed by atoms with Gasteiger partial charge < -0.3 is 20.4 Å². The van der Waals surface area contributed by atoms with Gasteiger partial charge in [0.05, 0.1) is 6.10 Å². The van der Waals surface area contributed by atoms with Gasteiger partial charge in [0.25, 0.3) is 0 Å². The molecule has 1 aliphatic rings. The summed E-state index contributed by atoms with van der Waals surface area (Å²) < 4.78 is 25.8. The number of hydrogen-bond acceptors (Lipinski definition) is 3. The summed E-state index contributed by atoms with van der Waals surface area (Å²) >= 11 is 0. The van der Waals surface area contributed by atoms with E-state index in [0.717, 1.165) is 17.0 Å². The van der Waals surface area contributed by atoms with E-state index in [-0.39, 0.29) is 19.5 Å². The van der Waals surface area contributed by atoms with Gasteiger partial charge in [-0.15, -0.1) is 0 Å². The van der Waals surface area contributed by atoms with E-state index in [0.29, 0.717) is 5.56 Å². The zero-order valence-electron chi connectivity index (χ0n) is 10.9. The van der Waals surface area contributed by atoms with Crippen LogP contribution < -0.4 is 5.32 Å². The number of likely N-dealkylation sites (tertiary alicyclic amines) is 1. The molecular formula is C13H14F2N2O4.